The Labute approximate surface area is 250 Å². The van der Waals surface area contributed by atoms with E-state index in [0.717, 1.165) is 11.3 Å². The molecule has 3 rings (SSSR count). The van der Waals surface area contributed by atoms with Gasteiger partial charge in [-0.05, 0) is 30.3 Å². The highest BCUT2D eigenvalue weighted by atomic mass is 35.5. The average molecular weight is 599 g/mol. The molecule has 0 amide bonds. The third-order valence-electron chi connectivity index (χ3n) is 6.17. The zero-order chi connectivity index (χ0) is 30.6. The summed E-state index contributed by atoms with van der Waals surface area (Å²) in [6, 6.07) is 10.7. The van der Waals surface area contributed by atoms with Gasteiger partial charge in [0, 0.05) is 42.2 Å². The zero-order valence-corrected chi connectivity index (χ0v) is 25.4. The molecule has 0 atom stereocenters. The van der Waals surface area contributed by atoms with Gasteiger partial charge in [-0.1, -0.05) is 17.7 Å². The summed E-state index contributed by atoms with van der Waals surface area (Å²) in [5.74, 6) is 2.96. The minimum Gasteiger partial charge on any atom is -0.496 e. The van der Waals surface area contributed by atoms with Crippen LogP contribution in [0.1, 0.15) is 15.9 Å². The van der Waals surface area contributed by atoms with Crippen LogP contribution < -0.4 is 43.8 Å². The molecule has 11 heteroatoms. The second-order valence-corrected chi connectivity index (χ2v) is 8.87. The van der Waals surface area contributed by atoms with Gasteiger partial charge < -0.3 is 43.8 Å². The van der Waals surface area contributed by atoms with E-state index in [1.807, 2.05) is 30.4 Å². The van der Waals surface area contributed by atoms with Gasteiger partial charge in [-0.3, -0.25) is 4.79 Å². The number of nitrogens with one attached hydrogen (secondary N) is 2. The van der Waals surface area contributed by atoms with E-state index in [1.54, 1.807) is 40.6 Å². The predicted molar refractivity (Wildman–Crippen MR) is 165 cm³/mol. The van der Waals surface area contributed by atoms with Crippen molar-refractivity contribution in [3.63, 3.8) is 0 Å². The summed E-state index contributed by atoms with van der Waals surface area (Å²) in [5.41, 5.74) is 2.46. The van der Waals surface area contributed by atoms with Crippen molar-refractivity contribution in [2.45, 2.75) is 0 Å². The van der Waals surface area contributed by atoms with Crippen molar-refractivity contribution in [1.29, 1.82) is 0 Å². The van der Waals surface area contributed by atoms with Crippen LogP contribution in [0.3, 0.4) is 0 Å². The molecule has 224 valence electrons. The number of ether oxygens (including phenoxy) is 7. The molecule has 0 spiro atoms. The van der Waals surface area contributed by atoms with E-state index in [9.17, 15) is 4.79 Å². The molecule has 0 aliphatic carbocycles. The van der Waals surface area contributed by atoms with Gasteiger partial charge >= 0.3 is 0 Å². The molecular weight excluding hydrogens is 564 g/mol. The fraction of sp³-hybridized carbons (Fsp3) is 0.258. The van der Waals surface area contributed by atoms with Crippen LogP contribution in [0.15, 0.2) is 54.8 Å². The number of hydrogen-bond donors (Lipinski definition) is 2. The molecule has 0 saturated heterocycles. The van der Waals surface area contributed by atoms with Crippen LogP contribution >= 0.6 is 11.6 Å². The van der Waals surface area contributed by atoms with E-state index in [-0.39, 0.29) is 22.1 Å². The molecule has 0 aliphatic heterocycles. The fourth-order valence-electron chi connectivity index (χ4n) is 4.08. The topological polar surface area (TPSA) is 106 Å². The van der Waals surface area contributed by atoms with Crippen molar-refractivity contribution in [3.05, 3.63) is 70.9 Å². The van der Waals surface area contributed by atoms with Gasteiger partial charge in [-0.2, -0.15) is 0 Å². The summed E-state index contributed by atoms with van der Waals surface area (Å²) in [7, 11) is 10.7. The summed E-state index contributed by atoms with van der Waals surface area (Å²) in [6.45, 7) is 0.512. The summed E-state index contributed by atoms with van der Waals surface area (Å²) >= 11 is 6.44. The summed E-state index contributed by atoms with van der Waals surface area (Å²) in [4.78, 5) is 13.0. The van der Waals surface area contributed by atoms with Crippen LogP contribution in [-0.4, -0.2) is 62.1 Å². The Kier molecular flexibility index (Phi) is 11.6. The molecule has 2 N–H and O–H groups in total. The maximum absolute atomic E-state index is 13.0. The van der Waals surface area contributed by atoms with E-state index >= 15 is 0 Å². The number of allylic oxidation sites excluding steroid dienone is 1. The molecule has 42 heavy (non-hydrogen) atoms. The van der Waals surface area contributed by atoms with Crippen molar-refractivity contribution < 1.29 is 38.0 Å². The van der Waals surface area contributed by atoms with Crippen molar-refractivity contribution >= 4 is 34.8 Å². The summed E-state index contributed by atoms with van der Waals surface area (Å²) in [6.07, 6.45) is 6.72. The molecule has 0 heterocycles. The smallest absolute Gasteiger partial charge is 0.204 e. The van der Waals surface area contributed by atoms with Crippen molar-refractivity contribution in [2.75, 3.05) is 66.9 Å². The minimum atomic E-state index is -0.366. The van der Waals surface area contributed by atoms with Crippen LogP contribution in [0.4, 0.5) is 11.4 Å². The van der Waals surface area contributed by atoms with Gasteiger partial charge in [-0.25, -0.2) is 0 Å². The summed E-state index contributed by atoms with van der Waals surface area (Å²) < 4.78 is 37.8. The number of benzene rings is 3. The lowest BCUT2D eigenvalue weighted by molar-refractivity contribution is 0.104. The standard InChI is InChI=1S/C31H35ClN2O8/c1-36-20-16-26(38-3)21(27(17-20)39-4)9-8-13-33-19-10-11-25(37-2)23(15-19)34-14-12-24(35)22-18-28(40-5)30(41-6)31(42-7)29(22)32/h8-12,14-18,33-34H,13H2,1-7H3/b9-8+,14-12+. The first-order valence-corrected chi connectivity index (χ1v) is 13.1. The maximum Gasteiger partial charge on any atom is 0.204 e. The van der Waals surface area contributed by atoms with E-state index < -0.39 is 0 Å². The Hall–Kier alpha value is -4.70. The van der Waals surface area contributed by atoms with E-state index in [4.69, 9.17) is 44.8 Å². The van der Waals surface area contributed by atoms with E-state index in [2.05, 4.69) is 10.6 Å². The molecule has 0 fully saturated rings. The van der Waals surface area contributed by atoms with Crippen molar-refractivity contribution in [3.8, 4) is 40.2 Å². The first-order chi connectivity index (χ1) is 20.3. The minimum absolute atomic E-state index is 0.117. The Morgan fingerprint density at radius 1 is 0.762 bits per heavy atom. The Morgan fingerprint density at radius 2 is 1.40 bits per heavy atom. The number of anilines is 2. The highest BCUT2D eigenvalue weighted by Gasteiger charge is 2.22. The van der Waals surface area contributed by atoms with Crippen LogP contribution in [0, 0.1) is 0 Å². The first kappa shape index (κ1) is 31.8. The number of hydrogen-bond acceptors (Lipinski definition) is 10. The molecule has 3 aromatic carbocycles. The van der Waals surface area contributed by atoms with Gasteiger partial charge in [0.2, 0.25) is 5.75 Å². The highest BCUT2D eigenvalue weighted by Crippen LogP contribution is 2.44. The third kappa shape index (κ3) is 7.32. The monoisotopic (exact) mass is 598 g/mol. The SMILES string of the molecule is COc1cc(OC)c(/C=C/CNc2ccc(OC)c(N/C=C/C(=O)c3cc(OC)c(OC)c(OC)c3Cl)c2)c(OC)c1. The van der Waals surface area contributed by atoms with Gasteiger partial charge in [-0.15, -0.1) is 0 Å². The lowest BCUT2D eigenvalue weighted by atomic mass is 10.1. The lowest BCUT2D eigenvalue weighted by Gasteiger charge is -2.15. The molecule has 0 radical (unpaired) electrons. The normalized spacial score (nSPS) is 10.9. The predicted octanol–water partition coefficient (Wildman–Crippen LogP) is 6.33. The first-order valence-electron chi connectivity index (χ1n) is 12.7. The number of carbonyl (C=O) groups excluding carboxylic acids is 1. The highest BCUT2D eigenvalue weighted by molar-refractivity contribution is 6.36. The Balaban J connectivity index is 1.74. The molecule has 0 aliphatic rings. The van der Waals surface area contributed by atoms with Crippen molar-refractivity contribution in [2.24, 2.45) is 0 Å². The van der Waals surface area contributed by atoms with Gasteiger partial charge in [0.05, 0.1) is 66.0 Å². The quantitative estimate of drug-likeness (QED) is 0.152. The number of ketones is 1. The zero-order valence-electron chi connectivity index (χ0n) is 24.6. The van der Waals surface area contributed by atoms with Crippen LogP contribution in [0.5, 0.6) is 40.2 Å². The molecule has 0 bridgehead atoms. The molecule has 0 aromatic heterocycles. The van der Waals surface area contributed by atoms with Crippen LogP contribution in [0.2, 0.25) is 5.02 Å². The van der Waals surface area contributed by atoms with Crippen molar-refractivity contribution in [1.82, 2.24) is 0 Å². The van der Waals surface area contributed by atoms with Crippen LogP contribution in [-0.2, 0) is 0 Å². The molecule has 0 saturated carbocycles. The maximum atomic E-state index is 13.0. The van der Waals surface area contributed by atoms with E-state index in [0.29, 0.717) is 46.7 Å². The number of carbonyl (C=O) groups is 1. The van der Waals surface area contributed by atoms with Gasteiger partial charge in [0.15, 0.2) is 17.3 Å². The van der Waals surface area contributed by atoms with E-state index in [1.165, 1.54) is 39.7 Å². The fourth-order valence-corrected chi connectivity index (χ4v) is 4.39. The summed E-state index contributed by atoms with van der Waals surface area (Å²) in [5, 5.41) is 6.56. The second-order valence-electron chi connectivity index (χ2n) is 8.49. The number of methoxy groups -OCH3 is 7. The second kappa shape index (κ2) is 15.3. The number of halogens is 1. The molecular formula is C31H35ClN2O8. The Morgan fingerprint density at radius 3 is 1.98 bits per heavy atom. The Bertz CT molecular complexity index is 1430. The molecule has 0 unspecified atom stereocenters. The van der Waals surface area contributed by atoms with Gasteiger partial charge in [0.25, 0.3) is 0 Å². The largest absolute Gasteiger partial charge is 0.496 e. The molecule has 10 nitrogen and oxygen atoms in total. The average Bonchev–Trinajstić information content (AvgIpc) is 3.02. The van der Waals surface area contributed by atoms with Crippen LogP contribution in [0.25, 0.3) is 6.08 Å². The molecule has 3 aromatic rings. The lowest BCUT2D eigenvalue weighted by Crippen LogP contribution is -2.03. The number of rotatable bonds is 15. The van der Waals surface area contributed by atoms with Gasteiger partial charge in [0.1, 0.15) is 23.0 Å². The third-order valence-corrected chi connectivity index (χ3v) is 6.54.